The largest absolute Gasteiger partial charge is 0.308 e. The quantitative estimate of drug-likeness (QED) is 0.450. The van der Waals surface area contributed by atoms with Crippen LogP contribution in [0.5, 0.6) is 0 Å². The average molecular weight is 484 g/mol. The summed E-state index contributed by atoms with van der Waals surface area (Å²) < 4.78 is 39.0. The number of hydrogen-bond donors (Lipinski definition) is 0. The van der Waals surface area contributed by atoms with Crippen molar-refractivity contribution < 1.29 is 17.6 Å². The Morgan fingerprint density at radius 3 is 2.42 bits per heavy atom. The number of carbonyl (C=O) groups excluding carboxylic acids is 1. The number of nitrogens with zero attached hydrogens (tertiary/aromatic N) is 3. The van der Waals surface area contributed by atoms with Gasteiger partial charge in [0.05, 0.1) is 25.9 Å². The molecule has 0 atom stereocenters. The van der Waals surface area contributed by atoms with Crippen LogP contribution in [0.2, 0.25) is 5.02 Å². The Bertz CT molecular complexity index is 1160. The second-order valence-corrected chi connectivity index (χ2v) is 10.9. The lowest BCUT2D eigenvalue weighted by Crippen LogP contribution is -2.37. The maximum absolute atomic E-state index is 13.1. The minimum atomic E-state index is -3.72. The molecule has 2 aromatic carbocycles. The van der Waals surface area contributed by atoms with Crippen molar-refractivity contribution in [2.75, 3.05) is 37.8 Å². The van der Waals surface area contributed by atoms with Gasteiger partial charge in [0.25, 0.3) is 0 Å². The Kier molecular flexibility index (Phi) is 7.31. The van der Waals surface area contributed by atoms with E-state index in [4.69, 9.17) is 11.6 Å². The fraction of sp³-hybridized carbons (Fsp3) is 0.333. The minimum absolute atomic E-state index is 0.0102. The van der Waals surface area contributed by atoms with E-state index in [0.29, 0.717) is 23.2 Å². The third-order valence-corrected chi connectivity index (χ3v) is 8.02. The summed E-state index contributed by atoms with van der Waals surface area (Å²) in [5.74, 6) is -1.24. The number of sulfone groups is 1. The molecule has 0 bridgehead atoms. The summed E-state index contributed by atoms with van der Waals surface area (Å²) in [6.45, 7) is 2.86. The van der Waals surface area contributed by atoms with Crippen LogP contribution in [0.15, 0.2) is 41.3 Å². The second-order valence-electron chi connectivity index (χ2n) is 7.41. The molecule has 0 saturated carbocycles. The number of likely N-dealkylation sites (N-methyl/N-ethyl adjacent to an activating group) is 1. The molecule has 31 heavy (non-hydrogen) atoms. The predicted molar refractivity (Wildman–Crippen MR) is 123 cm³/mol. The van der Waals surface area contributed by atoms with E-state index in [1.807, 2.05) is 32.0 Å². The summed E-state index contributed by atoms with van der Waals surface area (Å²) in [5.41, 5.74) is 1.68. The summed E-state index contributed by atoms with van der Waals surface area (Å²) in [4.78, 5) is 21.1. The molecular weight excluding hydrogens is 461 g/mol. The maximum atomic E-state index is 13.1. The Hall–Kier alpha value is -2.07. The summed E-state index contributed by atoms with van der Waals surface area (Å²) in [5, 5.41) is 1.04. The molecule has 10 heteroatoms. The van der Waals surface area contributed by atoms with Crippen molar-refractivity contribution in [2.45, 2.75) is 18.2 Å². The van der Waals surface area contributed by atoms with E-state index in [9.17, 15) is 17.6 Å². The van der Waals surface area contributed by atoms with Crippen LogP contribution in [0.1, 0.15) is 12.0 Å². The summed E-state index contributed by atoms with van der Waals surface area (Å²) in [6.07, 6.45) is -0.213. The number of anilines is 1. The highest BCUT2D eigenvalue weighted by Crippen LogP contribution is 2.35. The summed E-state index contributed by atoms with van der Waals surface area (Å²) in [7, 11) is 0.0599. The van der Waals surface area contributed by atoms with Gasteiger partial charge in [0.2, 0.25) is 5.91 Å². The van der Waals surface area contributed by atoms with Crippen LogP contribution >= 0.6 is 22.9 Å². The van der Waals surface area contributed by atoms with Crippen molar-refractivity contribution >= 4 is 54.0 Å². The molecule has 3 aromatic rings. The molecule has 0 fully saturated rings. The minimum Gasteiger partial charge on any atom is -0.308 e. The van der Waals surface area contributed by atoms with Crippen LogP contribution in [-0.2, 0) is 14.6 Å². The van der Waals surface area contributed by atoms with Crippen LogP contribution in [0.25, 0.3) is 10.2 Å². The Labute approximate surface area is 190 Å². The number of fused-ring (bicyclic) bond motifs is 1. The molecule has 6 nitrogen and oxygen atoms in total. The zero-order chi connectivity index (χ0) is 22.8. The first-order chi connectivity index (χ1) is 14.6. The highest BCUT2D eigenvalue weighted by molar-refractivity contribution is 7.91. The molecule has 1 aromatic heterocycles. The van der Waals surface area contributed by atoms with Crippen molar-refractivity contribution in [1.82, 2.24) is 9.88 Å². The van der Waals surface area contributed by atoms with Gasteiger partial charge in [-0.05, 0) is 56.9 Å². The molecule has 166 valence electrons. The molecule has 1 heterocycles. The SMILES string of the molecule is Cc1ccc(Cl)c2sc(N(CCN(C)C)C(=O)CCS(=O)(=O)c3ccc(F)cc3)nc12. The fourth-order valence-corrected chi connectivity index (χ4v) is 5.54. The van der Waals surface area contributed by atoms with Crippen molar-refractivity contribution in [3.8, 4) is 0 Å². The lowest BCUT2D eigenvalue weighted by Gasteiger charge is -2.22. The molecule has 0 saturated heterocycles. The molecule has 0 aliphatic heterocycles. The van der Waals surface area contributed by atoms with Gasteiger partial charge in [0.1, 0.15) is 5.82 Å². The molecule has 0 aliphatic rings. The predicted octanol–water partition coefficient (Wildman–Crippen LogP) is 4.16. The first-order valence-corrected chi connectivity index (χ1v) is 12.4. The van der Waals surface area contributed by atoms with Crippen molar-refractivity contribution in [3.05, 3.63) is 52.8 Å². The van der Waals surface area contributed by atoms with E-state index in [-0.39, 0.29) is 23.0 Å². The van der Waals surface area contributed by atoms with Crippen molar-refractivity contribution in [2.24, 2.45) is 0 Å². The standard InChI is InChI=1S/C21H23ClFN3O3S2/c1-14-4-9-17(22)20-19(14)24-21(30-20)26(12-11-25(2)3)18(27)10-13-31(28,29)16-7-5-15(23)6-8-16/h4-9H,10-13H2,1-3H3. The molecule has 1 amide bonds. The van der Waals surface area contributed by atoms with Gasteiger partial charge in [0, 0.05) is 19.5 Å². The smallest absolute Gasteiger partial charge is 0.229 e. The lowest BCUT2D eigenvalue weighted by atomic mass is 10.2. The lowest BCUT2D eigenvalue weighted by molar-refractivity contribution is -0.118. The Morgan fingerprint density at radius 2 is 1.81 bits per heavy atom. The van der Waals surface area contributed by atoms with Gasteiger partial charge in [-0.25, -0.2) is 17.8 Å². The molecule has 0 aliphatic carbocycles. The maximum Gasteiger partial charge on any atom is 0.229 e. The zero-order valence-electron chi connectivity index (χ0n) is 17.4. The van der Waals surface area contributed by atoms with Crippen molar-refractivity contribution in [1.29, 1.82) is 0 Å². The summed E-state index contributed by atoms with van der Waals surface area (Å²) in [6, 6.07) is 8.25. The fourth-order valence-electron chi connectivity index (χ4n) is 2.95. The van der Waals surface area contributed by atoms with Gasteiger partial charge in [-0.3, -0.25) is 9.69 Å². The van der Waals surface area contributed by atoms with E-state index < -0.39 is 15.7 Å². The van der Waals surface area contributed by atoms with Crippen LogP contribution in [0.4, 0.5) is 9.52 Å². The first kappa shape index (κ1) is 23.6. The van der Waals surface area contributed by atoms with Gasteiger partial charge in [-0.2, -0.15) is 0 Å². The van der Waals surface area contributed by atoms with Crippen molar-refractivity contribution in [3.63, 3.8) is 0 Å². The number of aromatic nitrogens is 1. The highest BCUT2D eigenvalue weighted by Gasteiger charge is 2.24. The van der Waals surface area contributed by atoms with Gasteiger partial charge in [0.15, 0.2) is 15.0 Å². The number of rotatable bonds is 8. The Balaban J connectivity index is 1.85. The van der Waals surface area contributed by atoms with E-state index in [0.717, 1.165) is 27.9 Å². The van der Waals surface area contributed by atoms with Gasteiger partial charge in [-0.1, -0.05) is 29.0 Å². The summed E-state index contributed by atoms with van der Waals surface area (Å²) >= 11 is 7.62. The van der Waals surface area contributed by atoms with Crippen LogP contribution in [-0.4, -0.2) is 57.1 Å². The van der Waals surface area contributed by atoms with Gasteiger partial charge in [-0.15, -0.1) is 0 Å². The van der Waals surface area contributed by atoms with Gasteiger partial charge < -0.3 is 4.90 Å². The number of halogens is 2. The number of hydrogen-bond acceptors (Lipinski definition) is 6. The van der Waals surface area contributed by atoms with E-state index in [2.05, 4.69) is 4.98 Å². The van der Waals surface area contributed by atoms with E-state index >= 15 is 0 Å². The van der Waals surface area contributed by atoms with Crippen LogP contribution < -0.4 is 4.90 Å². The number of benzene rings is 2. The third-order valence-electron chi connectivity index (χ3n) is 4.75. The second kappa shape index (κ2) is 9.60. The molecule has 0 radical (unpaired) electrons. The molecule has 0 N–H and O–H groups in total. The number of amides is 1. The molecule has 3 rings (SSSR count). The number of aryl methyl sites for hydroxylation is 1. The highest BCUT2D eigenvalue weighted by atomic mass is 35.5. The molecule has 0 spiro atoms. The normalized spacial score (nSPS) is 11.9. The van der Waals surface area contributed by atoms with Crippen LogP contribution in [0.3, 0.4) is 0 Å². The number of carbonyl (C=O) groups is 1. The van der Waals surface area contributed by atoms with E-state index in [1.165, 1.54) is 28.4 Å². The topological polar surface area (TPSA) is 70.6 Å². The average Bonchev–Trinajstić information content (AvgIpc) is 3.16. The zero-order valence-corrected chi connectivity index (χ0v) is 19.8. The van der Waals surface area contributed by atoms with Crippen LogP contribution in [0, 0.1) is 12.7 Å². The first-order valence-electron chi connectivity index (χ1n) is 9.57. The Morgan fingerprint density at radius 1 is 1.13 bits per heavy atom. The number of thiazole rings is 1. The molecule has 0 unspecified atom stereocenters. The third kappa shape index (κ3) is 5.60. The van der Waals surface area contributed by atoms with E-state index in [1.54, 1.807) is 6.07 Å². The molecular formula is C21H23ClFN3O3S2. The monoisotopic (exact) mass is 483 g/mol. The van der Waals surface area contributed by atoms with Gasteiger partial charge >= 0.3 is 0 Å².